The average Bonchev–Trinajstić information content (AvgIpc) is 3.50. The highest BCUT2D eigenvalue weighted by atomic mass is 32.2. The molecule has 1 saturated heterocycles. The third kappa shape index (κ3) is 4.49. The van der Waals surface area contributed by atoms with Crippen LogP contribution < -0.4 is 5.32 Å². The number of fused-ring (bicyclic) bond motifs is 3. The van der Waals surface area contributed by atoms with Gasteiger partial charge in [-0.05, 0) is 27.8 Å². The number of hydrogen-bond donors (Lipinski definition) is 2. The lowest BCUT2D eigenvalue weighted by atomic mass is 9.98. The first-order chi connectivity index (χ1) is 17.0. The molecule has 1 aliphatic heterocycles. The molecule has 3 aromatic carbocycles. The quantitative estimate of drug-likeness (QED) is 0.539. The molecule has 0 aromatic heterocycles. The average molecular weight is 489 g/mol. The molecule has 0 bridgehead atoms. The van der Waals surface area contributed by atoms with Crippen molar-refractivity contribution in [3.63, 3.8) is 0 Å². The topological polar surface area (TPSA) is 95.9 Å². The molecule has 0 unspecified atom stereocenters. The van der Waals surface area contributed by atoms with E-state index in [0.717, 1.165) is 22.3 Å². The molecule has 0 radical (unpaired) electrons. The fourth-order valence-corrected chi connectivity index (χ4v) is 5.88. The number of amides is 2. The smallest absolute Gasteiger partial charge is 0.408 e. The van der Waals surface area contributed by atoms with Crippen molar-refractivity contribution < 1.29 is 24.2 Å². The van der Waals surface area contributed by atoms with E-state index in [0.29, 0.717) is 11.3 Å². The van der Waals surface area contributed by atoms with Gasteiger partial charge in [0.25, 0.3) is 5.91 Å². The molecular formula is C27H24N2O5S. The Morgan fingerprint density at radius 2 is 1.54 bits per heavy atom. The van der Waals surface area contributed by atoms with Crippen LogP contribution in [-0.4, -0.2) is 52.3 Å². The van der Waals surface area contributed by atoms with Crippen LogP contribution in [0.1, 0.15) is 28.7 Å². The minimum absolute atomic E-state index is 0.106. The van der Waals surface area contributed by atoms with Gasteiger partial charge >= 0.3 is 12.1 Å². The zero-order valence-electron chi connectivity index (χ0n) is 18.8. The highest BCUT2D eigenvalue weighted by Gasteiger charge is 2.39. The van der Waals surface area contributed by atoms with Crippen LogP contribution in [0.4, 0.5) is 4.79 Å². The van der Waals surface area contributed by atoms with Gasteiger partial charge < -0.3 is 20.1 Å². The van der Waals surface area contributed by atoms with Gasteiger partial charge in [-0.25, -0.2) is 9.59 Å². The number of carboxylic acids is 1. The van der Waals surface area contributed by atoms with Crippen LogP contribution in [0.5, 0.6) is 0 Å². The van der Waals surface area contributed by atoms with Crippen molar-refractivity contribution in [3.05, 3.63) is 95.6 Å². The molecule has 1 heterocycles. The van der Waals surface area contributed by atoms with Crippen LogP contribution >= 0.6 is 11.8 Å². The molecule has 2 atom stereocenters. The fraction of sp³-hybridized carbons (Fsp3) is 0.222. The van der Waals surface area contributed by atoms with Crippen LogP contribution in [0.15, 0.2) is 78.9 Å². The maximum atomic E-state index is 13.4. The predicted octanol–water partition coefficient (Wildman–Crippen LogP) is 4.25. The Morgan fingerprint density at radius 1 is 0.943 bits per heavy atom. The molecule has 1 fully saturated rings. The Morgan fingerprint density at radius 3 is 2.17 bits per heavy atom. The maximum Gasteiger partial charge on any atom is 0.408 e. The van der Waals surface area contributed by atoms with Crippen molar-refractivity contribution in [1.29, 1.82) is 0 Å². The number of thioether (sulfide) groups is 1. The molecule has 2 aliphatic rings. The summed E-state index contributed by atoms with van der Waals surface area (Å²) in [6, 6.07) is 22.9. The van der Waals surface area contributed by atoms with Crippen molar-refractivity contribution in [1.82, 2.24) is 10.2 Å². The Balaban J connectivity index is 1.33. The molecule has 0 spiro atoms. The summed E-state index contributed by atoms with van der Waals surface area (Å²) in [5.74, 6) is -1.07. The van der Waals surface area contributed by atoms with Gasteiger partial charge in [-0.3, -0.25) is 4.79 Å². The first-order valence-corrected chi connectivity index (χ1v) is 12.5. The summed E-state index contributed by atoms with van der Waals surface area (Å²) >= 11 is 1.37. The van der Waals surface area contributed by atoms with Crippen molar-refractivity contribution in [2.45, 2.75) is 18.0 Å². The second-order valence-corrected chi connectivity index (χ2v) is 9.48. The number of nitrogens with zero attached hydrogens (tertiary/aromatic N) is 1. The van der Waals surface area contributed by atoms with Gasteiger partial charge in [0.15, 0.2) is 0 Å². The van der Waals surface area contributed by atoms with E-state index < -0.39 is 30.1 Å². The molecule has 3 aromatic rings. The van der Waals surface area contributed by atoms with E-state index in [1.807, 2.05) is 42.5 Å². The van der Waals surface area contributed by atoms with Gasteiger partial charge in [-0.2, -0.15) is 0 Å². The standard InChI is InChI=1S/C27H24N2O5S/c30-25(29-16-35-15-23(29)26(31)32)24(17-8-2-1-3-9-17)28-27(33)34-14-22-20-12-6-4-10-18(20)19-11-5-7-13-21(19)22/h1-13,22-24H,14-16H2,(H,28,33)(H,31,32)/t23-,24+/m0/s1. The molecule has 2 N–H and O–H groups in total. The second-order valence-electron chi connectivity index (χ2n) is 8.48. The van der Waals surface area contributed by atoms with E-state index in [-0.39, 0.29) is 18.4 Å². The molecule has 0 saturated carbocycles. The van der Waals surface area contributed by atoms with E-state index in [2.05, 4.69) is 17.4 Å². The number of aliphatic carboxylic acids is 1. The van der Waals surface area contributed by atoms with Crippen molar-refractivity contribution >= 4 is 29.7 Å². The molecule has 8 heteroatoms. The summed E-state index contributed by atoms with van der Waals surface area (Å²) in [6.07, 6.45) is -0.729. The Labute approximate surface area is 207 Å². The molecule has 7 nitrogen and oxygen atoms in total. The van der Waals surface area contributed by atoms with Crippen LogP contribution in [0.25, 0.3) is 11.1 Å². The van der Waals surface area contributed by atoms with Crippen molar-refractivity contribution in [2.24, 2.45) is 0 Å². The fourth-order valence-electron chi connectivity index (χ4n) is 4.72. The Bertz CT molecular complexity index is 1220. The van der Waals surface area contributed by atoms with E-state index in [1.165, 1.54) is 16.7 Å². The van der Waals surface area contributed by atoms with Gasteiger partial charge in [-0.15, -0.1) is 11.8 Å². The minimum atomic E-state index is -1.06. The van der Waals surface area contributed by atoms with Crippen LogP contribution in [-0.2, 0) is 14.3 Å². The number of hydrogen-bond acceptors (Lipinski definition) is 5. The van der Waals surface area contributed by atoms with E-state index >= 15 is 0 Å². The minimum Gasteiger partial charge on any atom is -0.480 e. The number of benzene rings is 3. The van der Waals surface area contributed by atoms with Gasteiger partial charge in [0.05, 0.1) is 5.88 Å². The zero-order valence-corrected chi connectivity index (χ0v) is 19.6. The van der Waals surface area contributed by atoms with Crippen molar-refractivity contribution in [2.75, 3.05) is 18.2 Å². The molecule has 1 aliphatic carbocycles. The summed E-state index contributed by atoms with van der Waals surface area (Å²) in [5, 5.41) is 12.2. The van der Waals surface area contributed by atoms with E-state index in [4.69, 9.17) is 4.74 Å². The SMILES string of the molecule is O=C(N[C@@H](C(=O)N1CSC[C@H]1C(=O)O)c1ccccc1)OCC1c2ccccc2-c2ccccc21. The lowest BCUT2D eigenvalue weighted by Crippen LogP contribution is -2.48. The Kier molecular flexibility index (Phi) is 6.46. The normalized spacial score (nSPS) is 17.4. The monoisotopic (exact) mass is 488 g/mol. The Hall–Kier alpha value is -3.78. The third-order valence-corrected chi connectivity index (χ3v) is 7.45. The van der Waals surface area contributed by atoms with E-state index in [9.17, 15) is 19.5 Å². The molecule has 5 rings (SSSR count). The highest BCUT2D eigenvalue weighted by molar-refractivity contribution is 7.99. The largest absolute Gasteiger partial charge is 0.480 e. The van der Waals surface area contributed by atoms with E-state index in [1.54, 1.807) is 24.3 Å². The zero-order chi connectivity index (χ0) is 24.4. The molecule has 35 heavy (non-hydrogen) atoms. The van der Waals surface area contributed by atoms with Crippen molar-refractivity contribution in [3.8, 4) is 11.1 Å². The highest BCUT2D eigenvalue weighted by Crippen LogP contribution is 2.44. The van der Waals surface area contributed by atoms with Crippen LogP contribution in [0, 0.1) is 0 Å². The molecule has 178 valence electrons. The lowest BCUT2D eigenvalue weighted by Gasteiger charge is -2.27. The summed E-state index contributed by atoms with van der Waals surface area (Å²) in [4.78, 5) is 39.2. The number of rotatable bonds is 6. The number of carboxylic acid groups (broad SMARTS) is 1. The predicted molar refractivity (Wildman–Crippen MR) is 133 cm³/mol. The summed E-state index contributed by atoms with van der Waals surface area (Å²) in [7, 11) is 0. The van der Waals surface area contributed by atoms with Gasteiger partial charge in [0, 0.05) is 11.7 Å². The first kappa shape index (κ1) is 23.0. The molecule has 2 amide bonds. The number of ether oxygens (including phenoxy) is 1. The molecular weight excluding hydrogens is 464 g/mol. The van der Waals surface area contributed by atoms with Crippen LogP contribution in [0.3, 0.4) is 0 Å². The number of carbonyl (C=O) groups excluding carboxylic acids is 2. The number of alkyl carbamates (subject to hydrolysis) is 1. The number of nitrogens with one attached hydrogen (secondary N) is 1. The second kappa shape index (κ2) is 9.84. The number of carbonyl (C=O) groups is 3. The van der Waals surface area contributed by atoms with Gasteiger partial charge in [-0.1, -0.05) is 78.9 Å². The lowest BCUT2D eigenvalue weighted by molar-refractivity contribution is -0.148. The van der Waals surface area contributed by atoms with Gasteiger partial charge in [0.2, 0.25) is 0 Å². The first-order valence-electron chi connectivity index (χ1n) is 11.3. The summed E-state index contributed by atoms with van der Waals surface area (Å²) in [6.45, 7) is 0.118. The van der Waals surface area contributed by atoms with Gasteiger partial charge in [0.1, 0.15) is 18.7 Å². The summed E-state index contributed by atoms with van der Waals surface area (Å²) in [5.41, 5.74) is 5.00. The third-order valence-electron chi connectivity index (χ3n) is 6.44. The van der Waals surface area contributed by atoms with Crippen LogP contribution in [0.2, 0.25) is 0 Å². The maximum absolute atomic E-state index is 13.4. The summed E-state index contributed by atoms with van der Waals surface area (Å²) < 4.78 is 5.64.